The first-order chi connectivity index (χ1) is 10.7. The van der Waals surface area contributed by atoms with Crippen molar-refractivity contribution in [1.29, 1.82) is 5.26 Å². The number of nitrogens with zero attached hydrogens (tertiary/aromatic N) is 2. The van der Waals surface area contributed by atoms with Crippen LogP contribution >= 0.6 is 0 Å². The predicted molar refractivity (Wildman–Crippen MR) is 81.8 cm³/mol. The molecule has 0 spiro atoms. The lowest BCUT2D eigenvalue weighted by Crippen LogP contribution is -2.12. The fourth-order valence-electron chi connectivity index (χ4n) is 2.28. The second-order valence-electron chi connectivity index (χ2n) is 4.79. The van der Waals surface area contributed by atoms with Crippen molar-refractivity contribution >= 4 is 16.8 Å². The first kappa shape index (κ1) is 13.8. The molecule has 1 unspecified atom stereocenters. The zero-order valence-electron chi connectivity index (χ0n) is 11.9. The molecule has 0 saturated heterocycles. The number of H-pyrrole nitrogens is 1. The minimum Gasteiger partial charge on any atom is -0.497 e. The number of aromatic amines is 1. The van der Waals surface area contributed by atoms with Crippen LogP contribution in [-0.2, 0) is 0 Å². The zero-order valence-corrected chi connectivity index (χ0v) is 11.9. The molecule has 0 radical (unpaired) electrons. The molecule has 0 fully saturated rings. The second-order valence-corrected chi connectivity index (χ2v) is 4.79. The molecule has 0 bridgehead atoms. The molecule has 22 heavy (non-hydrogen) atoms. The number of carbonyl (C=O) groups is 1. The van der Waals surface area contributed by atoms with Crippen LogP contribution in [0.2, 0.25) is 0 Å². The van der Waals surface area contributed by atoms with Crippen molar-refractivity contribution in [3.8, 4) is 11.8 Å². The van der Waals surface area contributed by atoms with E-state index in [2.05, 4.69) is 9.97 Å². The number of carbonyl (C=O) groups excluding carboxylic acids is 1. The highest BCUT2D eigenvalue weighted by molar-refractivity contribution is 6.02. The maximum atomic E-state index is 12.5. The molecular formula is C17H13N3O2. The minimum absolute atomic E-state index is 0.288. The second kappa shape index (κ2) is 5.70. The molecule has 0 amide bonds. The largest absolute Gasteiger partial charge is 0.497 e. The van der Waals surface area contributed by atoms with Gasteiger partial charge in [0, 0.05) is 5.56 Å². The highest BCUT2D eigenvalue weighted by atomic mass is 16.5. The van der Waals surface area contributed by atoms with E-state index in [1.807, 2.05) is 30.3 Å². The molecule has 1 atom stereocenters. The first-order valence-corrected chi connectivity index (χ1v) is 6.75. The van der Waals surface area contributed by atoms with E-state index in [4.69, 9.17) is 4.74 Å². The van der Waals surface area contributed by atoms with Crippen molar-refractivity contribution in [3.05, 3.63) is 59.9 Å². The number of aromatic nitrogens is 2. The van der Waals surface area contributed by atoms with Crippen LogP contribution in [0.4, 0.5) is 0 Å². The van der Waals surface area contributed by atoms with Gasteiger partial charge in [-0.15, -0.1) is 0 Å². The van der Waals surface area contributed by atoms with Crippen molar-refractivity contribution in [2.45, 2.75) is 5.92 Å². The Morgan fingerprint density at radius 2 is 1.95 bits per heavy atom. The lowest BCUT2D eigenvalue weighted by atomic mass is 9.98. The van der Waals surface area contributed by atoms with Crippen molar-refractivity contribution in [2.24, 2.45) is 0 Å². The molecule has 1 aromatic heterocycles. The van der Waals surface area contributed by atoms with Gasteiger partial charge in [-0.1, -0.05) is 12.1 Å². The number of para-hydroxylation sites is 2. The van der Waals surface area contributed by atoms with E-state index in [1.54, 1.807) is 31.4 Å². The number of hydrogen-bond acceptors (Lipinski definition) is 4. The lowest BCUT2D eigenvalue weighted by molar-refractivity contribution is 0.0976. The van der Waals surface area contributed by atoms with Gasteiger partial charge in [-0.25, -0.2) is 4.98 Å². The summed E-state index contributed by atoms with van der Waals surface area (Å²) in [6.07, 6.45) is 0. The van der Waals surface area contributed by atoms with Gasteiger partial charge in [-0.2, -0.15) is 5.26 Å². The molecule has 0 saturated carbocycles. The number of Topliss-reactive ketones (excluding diaryl/α,β-unsaturated/α-hetero) is 1. The maximum Gasteiger partial charge on any atom is 0.187 e. The fourth-order valence-corrected chi connectivity index (χ4v) is 2.28. The van der Waals surface area contributed by atoms with Crippen molar-refractivity contribution in [1.82, 2.24) is 9.97 Å². The molecular weight excluding hydrogens is 278 g/mol. The van der Waals surface area contributed by atoms with E-state index in [0.29, 0.717) is 17.1 Å². The summed E-state index contributed by atoms with van der Waals surface area (Å²) in [5.74, 6) is -0.219. The van der Waals surface area contributed by atoms with Crippen LogP contribution in [0.15, 0.2) is 48.5 Å². The van der Waals surface area contributed by atoms with E-state index in [0.717, 1.165) is 11.0 Å². The number of benzene rings is 2. The Hall–Kier alpha value is -3.13. The van der Waals surface area contributed by atoms with Crippen LogP contribution in [0.1, 0.15) is 22.1 Å². The van der Waals surface area contributed by atoms with Gasteiger partial charge in [-0.05, 0) is 36.4 Å². The monoisotopic (exact) mass is 291 g/mol. The summed E-state index contributed by atoms with van der Waals surface area (Å²) in [6, 6.07) is 16.1. The Labute approximate surface area is 127 Å². The summed E-state index contributed by atoms with van der Waals surface area (Å²) >= 11 is 0. The molecule has 2 aromatic carbocycles. The van der Waals surface area contributed by atoms with Crippen LogP contribution in [-0.4, -0.2) is 22.9 Å². The van der Waals surface area contributed by atoms with Crippen molar-refractivity contribution < 1.29 is 9.53 Å². The van der Waals surface area contributed by atoms with Gasteiger partial charge < -0.3 is 9.72 Å². The Kier molecular flexibility index (Phi) is 3.58. The third-order valence-electron chi connectivity index (χ3n) is 3.45. The summed E-state index contributed by atoms with van der Waals surface area (Å²) in [4.78, 5) is 19.9. The van der Waals surface area contributed by atoms with Crippen LogP contribution in [0.5, 0.6) is 5.75 Å². The average molecular weight is 291 g/mol. The lowest BCUT2D eigenvalue weighted by Gasteiger charge is -2.06. The van der Waals surface area contributed by atoms with E-state index in [-0.39, 0.29) is 5.78 Å². The Morgan fingerprint density at radius 1 is 1.23 bits per heavy atom. The van der Waals surface area contributed by atoms with Crippen molar-refractivity contribution in [3.63, 3.8) is 0 Å². The standard InChI is InChI=1S/C17H13N3O2/c1-22-12-8-6-11(7-9-12)16(21)13(10-18)17-19-14-4-2-3-5-15(14)20-17/h2-9,13H,1H3,(H,19,20). The summed E-state index contributed by atoms with van der Waals surface area (Å²) in [7, 11) is 1.56. The van der Waals surface area contributed by atoms with E-state index in [1.165, 1.54) is 0 Å². The quantitative estimate of drug-likeness (QED) is 0.749. The van der Waals surface area contributed by atoms with Gasteiger partial charge in [0.25, 0.3) is 0 Å². The maximum absolute atomic E-state index is 12.5. The molecule has 1 heterocycles. The number of fused-ring (bicyclic) bond motifs is 1. The molecule has 3 aromatic rings. The summed E-state index contributed by atoms with van der Waals surface area (Å²) < 4.78 is 5.07. The van der Waals surface area contributed by atoms with Crippen LogP contribution in [0.25, 0.3) is 11.0 Å². The van der Waals surface area contributed by atoms with E-state index >= 15 is 0 Å². The molecule has 5 nitrogen and oxygen atoms in total. The number of methoxy groups -OCH3 is 1. The van der Waals surface area contributed by atoms with Crippen LogP contribution < -0.4 is 4.74 Å². The van der Waals surface area contributed by atoms with Crippen molar-refractivity contribution in [2.75, 3.05) is 7.11 Å². The third kappa shape index (κ3) is 2.42. The van der Waals surface area contributed by atoms with Gasteiger partial charge >= 0.3 is 0 Å². The average Bonchev–Trinajstić information content (AvgIpc) is 2.99. The number of nitriles is 1. The summed E-state index contributed by atoms with van der Waals surface area (Å²) in [5.41, 5.74) is 1.99. The number of nitrogens with one attached hydrogen (secondary N) is 1. The molecule has 0 aliphatic carbocycles. The Morgan fingerprint density at radius 3 is 2.59 bits per heavy atom. The molecule has 0 aliphatic rings. The number of hydrogen-bond donors (Lipinski definition) is 1. The highest BCUT2D eigenvalue weighted by Crippen LogP contribution is 2.22. The van der Waals surface area contributed by atoms with Gasteiger partial charge in [0.15, 0.2) is 11.7 Å². The van der Waals surface area contributed by atoms with Gasteiger partial charge in [0.2, 0.25) is 0 Å². The first-order valence-electron chi connectivity index (χ1n) is 6.75. The van der Waals surface area contributed by atoms with E-state index in [9.17, 15) is 10.1 Å². The van der Waals surface area contributed by atoms with Gasteiger partial charge in [0.05, 0.1) is 24.2 Å². The summed E-state index contributed by atoms with van der Waals surface area (Å²) in [6.45, 7) is 0. The predicted octanol–water partition coefficient (Wildman–Crippen LogP) is 3.06. The number of rotatable bonds is 4. The molecule has 0 aliphatic heterocycles. The Bertz CT molecular complexity index is 826. The van der Waals surface area contributed by atoms with Gasteiger partial charge in [-0.3, -0.25) is 4.79 Å². The smallest absolute Gasteiger partial charge is 0.187 e. The zero-order chi connectivity index (χ0) is 15.5. The van der Waals surface area contributed by atoms with Crippen LogP contribution in [0.3, 0.4) is 0 Å². The molecule has 108 valence electrons. The SMILES string of the molecule is COc1ccc(C(=O)C(C#N)c2nc3ccccc3[nH]2)cc1. The normalized spacial score (nSPS) is 11.8. The third-order valence-corrected chi connectivity index (χ3v) is 3.45. The summed E-state index contributed by atoms with van der Waals surface area (Å²) in [5, 5.41) is 9.38. The fraction of sp³-hybridized carbons (Fsp3) is 0.118. The minimum atomic E-state index is -0.958. The molecule has 5 heteroatoms. The topological polar surface area (TPSA) is 78.8 Å². The molecule has 3 rings (SSSR count). The molecule has 1 N–H and O–H groups in total. The Balaban J connectivity index is 1.95. The number of ketones is 1. The van der Waals surface area contributed by atoms with Crippen LogP contribution in [0, 0.1) is 11.3 Å². The number of imidazole rings is 1. The van der Waals surface area contributed by atoms with Gasteiger partial charge in [0.1, 0.15) is 11.6 Å². The van der Waals surface area contributed by atoms with E-state index < -0.39 is 5.92 Å². The highest BCUT2D eigenvalue weighted by Gasteiger charge is 2.25. The number of ether oxygens (including phenoxy) is 1.